The molecule has 1 aliphatic heterocycles. The third-order valence-corrected chi connectivity index (χ3v) is 2.47. The topological polar surface area (TPSA) is 88.1 Å². The highest BCUT2D eigenvalue weighted by molar-refractivity contribution is 5.80. The number of hydrogen-bond acceptors (Lipinski definition) is 4. The summed E-state index contributed by atoms with van der Waals surface area (Å²) in [4.78, 5) is 23.7. The van der Waals surface area contributed by atoms with Crippen molar-refractivity contribution >= 4 is 12.0 Å². The molecule has 7 nitrogen and oxygen atoms in total. The number of nitrogens with one attached hydrogen (secondary N) is 1. The van der Waals surface area contributed by atoms with E-state index in [9.17, 15) is 9.59 Å². The highest BCUT2D eigenvalue weighted by Gasteiger charge is 2.19. The molecule has 1 aliphatic rings. The van der Waals surface area contributed by atoms with Gasteiger partial charge in [-0.25, -0.2) is 4.79 Å². The number of carbonyl (C=O) groups excluding carboxylic acids is 1. The molecule has 104 valence electrons. The lowest BCUT2D eigenvalue weighted by Crippen LogP contribution is -2.47. The van der Waals surface area contributed by atoms with Gasteiger partial charge in [0.25, 0.3) is 0 Å². The van der Waals surface area contributed by atoms with Gasteiger partial charge in [0.2, 0.25) is 0 Å². The van der Waals surface area contributed by atoms with Gasteiger partial charge in [0, 0.05) is 13.1 Å². The predicted molar refractivity (Wildman–Crippen MR) is 63.5 cm³/mol. The van der Waals surface area contributed by atoms with Crippen LogP contribution < -0.4 is 5.32 Å². The molecule has 1 fully saturated rings. The highest BCUT2D eigenvalue weighted by Crippen LogP contribution is 2.00. The standard InChI is InChI=1S/C11H20N2O5/c1-2-3-13(7-10(14)15)11(16)12-6-9-8-17-4-5-18-9/h9H,2-8H2,1H3,(H,12,16)(H,14,15). The molecule has 2 amide bonds. The maximum absolute atomic E-state index is 11.8. The fraction of sp³-hybridized carbons (Fsp3) is 0.818. The lowest BCUT2D eigenvalue weighted by molar-refractivity contribution is -0.137. The first kappa shape index (κ1) is 14.7. The second-order valence-corrected chi connectivity index (χ2v) is 4.07. The Morgan fingerprint density at radius 3 is 2.78 bits per heavy atom. The molecule has 18 heavy (non-hydrogen) atoms. The fourth-order valence-corrected chi connectivity index (χ4v) is 1.65. The Morgan fingerprint density at radius 2 is 2.22 bits per heavy atom. The van der Waals surface area contributed by atoms with E-state index < -0.39 is 5.97 Å². The summed E-state index contributed by atoms with van der Waals surface area (Å²) in [6, 6.07) is -0.381. The molecule has 2 N–H and O–H groups in total. The van der Waals surface area contributed by atoms with E-state index in [-0.39, 0.29) is 18.7 Å². The molecule has 1 saturated heterocycles. The molecular weight excluding hydrogens is 240 g/mol. The van der Waals surface area contributed by atoms with Crippen LogP contribution in [0.1, 0.15) is 13.3 Å². The Kier molecular flexibility index (Phi) is 6.45. The van der Waals surface area contributed by atoms with Gasteiger partial charge in [-0.3, -0.25) is 4.79 Å². The van der Waals surface area contributed by atoms with E-state index in [0.717, 1.165) is 0 Å². The van der Waals surface area contributed by atoms with Crippen LogP contribution in [0.15, 0.2) is 0 Å². The van der Waals surface area contributed by atoms with E-state index in [2.05, 4.69) is 5.32 Å². The van der Waals surface area contributed by atoms with Gasteiger partial charge in [-0.1, -0.05) is 6.92 Å². The summed E-state index contributed by atoms with van der Waals surface area (Å²) in [6.45, 7) is 3.90. The molecule has 1 unspecified atom stereocenters. The van der Waals surface area contributed by atoms with E-state index in [1.807, 2.05) is 6.92 Å². The summed E-state index contributed by atoms with van der Waals surface area (Å²) in [5, 5.41) is 11.4. The molecular formula is C11H20N2O5. The Morgan fingerprint density at radius 1 is 1.44 bits per heavy atom. The van der Waals surface area contributed by atoms with Gasteiger partial charge in [0.1, 0.15) is 6.54 Å². The van der Waals surface area contributed by atoms with Crippen LogP contribution in [0, 0.1) is 0 Å². The maximum atomic E-state index is 11.8. The van der Waals surface area contributed by atoms with E-state index in [1.54, 1.807) is 0 Å². The first-order valence-electron chi connectivity index (χ1n) is 6.07. The molecule has 0 bridgehead atoms. The van der Waals surface area contributed by atoms with Crippen molar-refractivity contribution in [3.8, 4) is 0 Å². The molecule has 0 aromatic carbocycles. The Hall–Kier alpha value is -1.34. The molecule has 0 spiro atoms. The average molecular weight is 260 g/mol. The molecule has 1 rings (SSSR count). The van der Waals surface area contributed by atoms with Gasteiger partial charge in [0.15, 0.2) is 0 Å². The van der Waals surface area contributed by atoms with Gasteiger partial charge >= 0.3 is 12.0 Å². The SMILES string of the molecule is CCCN(CC(=O)O)C(=O)NCC1COCCO1. The van der Waals surface area contributed by atoms with Crippen molar-refractivity contribution in [2.24, 2.45) is 0 Å². The van der Waals surface area contributed by atoms with Crippen LogP contribution in [0.4, 0.5) is 4.79 Å². The van der Waals surface area contributed by atoms with Crippen molar-refractivity contribution in [2.45, 2.75) is 19.4 Å². The summed E-state index contributed by atoms with van der Waals surface area (Å²) in [7, 11) is 0. The first-order valence-corrected chi connectivity index (χ1v) is 6.07. The first-order chi connectivity index (χ1) is 8.63. The number of amides is 2. The Labute approximate surface area is 106 Å². The lowest BCUT2D eigenvalue weighted by Gasteiger charge is -2.25. The number of carboxylic acid groups (broad SMARTS) is 1. The second-order valence-electron chi connectivity index (χ2n) is 4.07. The van der Waals surface area contributed by atoms with Crippen LogP contribution in [-0.2, 0) is 14.3 Å². The molecule has 0 aliphatic carbocycles. The summed E-state index contributed by atoms with van der Waals surface area (Å²) in [6.07, 6.45) is 0.556. The highest BCUT2D eigenvalue weighted by atomic mass is 16.6. The predicted octanol–water partition coefficient (Wildman–Crippen LogP) is -0.0920. The smallest absolute Gasteiger partial charge is 0.323 e. The van der Waals surface area contributed by atoms with Gasteiger partial charge in [-0.05, 0) is 6.42 Å². The number of aliphatic carboxylic acids is 1. The number of rotatable bonds is 6. The van der Waals surface area contributed by atoms with Crippen LogP contribution in [0.2, 0.25) is 0 Å². The monoisotopic (exact) mass is 260 g/mol. The number of hydrogen-bond donors (Lipinski definition) is 2. The molecule has 0 radical (unpaired) electrons. The molecule has 0 aromatic heterocycles. The maximum Gasteiger partial charge on any atom is 0.323 e. The second kappa shape index (κ2) is 7.88. The van der Waals surface area contributed by atoms with Crippen molar-refractivity contribution < 1.29 is 24.2 Å². The van der Waals surface area contributed by atoms with Crippen LogP contribution in [0.3, 0.4) is 0 Å². The van der Waals surface area contributed by atoms with Crippen LogP contribution in [-0.4, -0.2) is 67.6 Å². The van der Waals surface area contributed by atoms with E-state index in [4.69, 9.17) is 14.6 Å². The summed E-state index contributed by atoms with van der Waals surface area (Å²) in [5.74, 6) is -1.02. The number of carbonyl (C=O) groups is 2. The third-order valence-electron chi connectivity index (χ3n) is 2.47. The third kappa shape index (κ3) is 5.33. The van der Waals surface area contributed by atoms with Crippen LogP contribution in [0.5, 0.6) is 0 Å². The van der Waals surface area contributed by atoms with Gasteiger partial charge in [-0.15, -0.1) is 0 Å². The minimum atomic E-state index is -1.02. The van der Waals surface area contributed by atoms with Crippen molar-refractivity contribution in [1.82, 2.24) is 10.2 Å². The average Bonchev–Trinajstić information content (AvgIpc) is 2.36. The van der Waals surface area contributed by atoms with E-state index >= 15 is 0 Å². The van der Waals surface area contributed by atoms with Crippen LogP contribution in [0.25, 0.3) is 0 Å². The zero-order chi connectivity index (χ0) is 13.4. The Bertz CT molecular complexity index is 279. The molecule has 0 aromatic rings. The van der Waals surface area contributed by atoms with Crippen molar-refractivity contribution in [2.75, 3.05) is 39.5 Å². The van der Waals surface area contributed by atoms with Gasteiger partial charge in [-0.2, -0.15) is 0 Å². The molecule has 1 heterocycles. The zero-order valence-corrected chi connectivity index (χ0v) is 10.6. The summed E-state index contributed by atoms with van der Waals surface area (Å²) >= 11 is 0. The van der Waals surface area contributed by atoms with Crippen molar-refractivity contribution in [1.29, 1.82) is 0 Å². The van der Waals surface area contributed by atoms with Crippen molar-refractivity contribution in [3.05, 3.63) is 0 Å². The number of nitrogens with zero attached hydrogens (tertiary/aromatic N) is 1. The lowest BCUT2D eigenvalue weighted by atomic mass is 10.3. The van der Waals surface area contributed by atoms with E-state index in [0.29, 0.717) is 39.3 Å². The van der Waals surface area contributed by atoms with Gasteiger partial charge in [0.05, 0.1) is 25.9 Å². The number of carboxylic acids is 1. The molecule has 1 atom stereocenters. The zero-order valence-electron chi connectivity index (χ0n) is 10.6. The quantitative estimate of drug-likeness (QED) is 0.696. The van der Waals surface area contributed by atoms with Gasteiger partial charge < -0.3 is 24.8 Å². The van der Waals surface area contributed by atoms with E-state index in [1.165, 1.54) is 4.90 Å². The normalized spacial score (nSPS) is 19.3. The molecule has 7 heteroatoms. The minimum absolute atomic E-state index is 0.156. The fourth-order valence-electron chi connectivity index (χ4n) is 1.65. The number of ether oxygens (including phenoxy) is 2. The Balaban J connectivity index is 2.32. The number of urea groups is 1. The summed E-state index contributed by atoms with van der Waals surface area (Å²) in [5.41, 5.74) is 0. The van der Waals surface area contributed by atoms with Crippen LogP contribution >= 0.6 is 0 Å². The van der Waals surface area contributed by atoms with Crippen molar-refractivity contribution in [3.63, 3.8) is 0 Å². The summed E-state index contributed by atoms with van der Waals surface area (Å²) < 4.78 is 10.6. The minimum Gasteiger partial charge on any atom is -0.480 e. The largest absolute Gasteiger partial charge is 0.480 e. The molecule has 0 saturated carbocycles.